The van der Waals surface area contributed by atoms with Gasteiger partial charge in [-0.3, -0.25) is 0 Å². The Kier molecular flexibility index (Phi) is 3.92. The average Bonchev–Trinajstić information content (AvgIpc) is 2.84. The van der Waals surface area contributed by atoms with E-state index in [1.165, 1.54) is 36.8 Å². The number of nitrogens with zero attached hydrogens (tertiary/aromatic N) is 5. The SMILES string of the molecule is Cc1ccc(C)c(-n2ncc3c(N4CCCCCC4)ncnc32)c1. The molecule has 0 spiro atoms. The van der Waals surface area contributed by atoms with Crippen LogP contribution in [0.5, 0.6) is 0 Å². The molecule has 1 aliphatic heterocycles. The highest BCUT2D eigenvalue weighted by Gasteiger charge is 2.18. The van der Waals surface area contributed by atoms with E-state index in [0.717, 1.165) is 35.6 Å². The summed E-state index contributed by atoms with van der Waals surface area (Å²) in [4.78, 5) is 11.5. The summed E-state index contributed by atoms with van der Waals surface area (Å²) in [6.07, 6.45) is 8.68. The van der Waals surface area contributed by atoms with Gasteiger partial charge in [0.15, 0.2) is 5.65 Å². The number of fused-ring (bicyclic) bond motifs is 1. The lowest BCUT2D eigenvalue weighted by molar-refractivity contribution is 0.726. The van der Waals surface area contributed by atoms with Crippen LogP contribution in [0.1, 0.15) is 36.8 Å². The number of rotatable bonds is 2. The van der Waals surface area contributed by atoms with Gasteiger partial charge in [0.05, 0.1) is 17.3 Å². The highest BCUT2D eigenvalue weighted by molar-refractivity contribution is 5.87. The zero-order valence-corrected chi connectivity index (χ0v) is 14.4. The molecule has 1 aromatic carbocycles. The first-order chi connectivity index (χ1) is 11.7. The fourth-order valence-corrected chi connectivity index (χ4v) is 3.49. The molecule has 0 unspecified atom stereocenters. The number of benzene rings is 1. The van der Waals surface area contributed by atoms with E-state index < -0.39 is 0 Å². The van der Waals surface area contributed by atoms with Crippen LogP contribution < -0.4 is 4.90 Å². The Labute approximate surface area is 142 Å². The molecule has 4 rings (SSSR count). The smallest absolute Gasteiger partial charge is 0.168 e. The van der Waals surface area contributed by atoms with Gasteiger partial charge in [0.1, 0.15) is 12.1 Å². The van der Waals surface area contributed by atoms with Crippen molar-refractivity contribution in [3.63, 3.8) is 0 Å². The van der Waals surface area contributed by atoms with Crippen molar-refractivity contribution in [2.75, 3.05) is 18.0 Å². The molecule has 0 bridgehead atoms. The zero-order valence-electron chi connectivity index (χ0n) is 14.4. The molecule has 0 saturated carbocycles. The normalized spacial score (nSPS) is 15.7. The molecule has 0 amide bonds. The second kappa shape index (κ2) is 6.23. The summed E-state index contributed by atoms with van der Waals surface area (Å²) in [5.41, 5.74) is 4.39. The summed E-state index contributed by atoms with van der Waals surface area (Å²) in [6.45, 7) is 6.35. The summed E-state index contributed by atoms with van der Waals surface area (Å²) in [5, 5.41) is 5.68. The quantitative estimate of drug-likeness (QED) is 0.720. The Morgan fingerprint density at radius 3 is 2.54 bits per heavy atom. The highest BCUT2D eigenvalue weighted by Crippen LogP contribution is 2.27. The van der Waals surface area contributed by atoms with Crippen LogP contribution in [0.4, 0.5) is 5.82 Å². The molecule has 5 heteroatoms. The summed E-state index contributed by atoms with van der Waals surface area (Å²) < 4.78 is 1.95. The highest BCUT2D eigenvalue weighted by atomic mass is 15.3. The van der Waals surface area contributed by atoms with Crippen LogP contribution in [0.3, 0.4) is 0 Å². The number of anilines is 1. The number of aryl methyl sites for hydroxylation is 2. The van der Waals surface area contributed by atoms with Crippen molar-refractivity contribution >= 4 is 16.9 Å². The first-order valence-corrected chi connectivity index (χ1v) is 8.75. The van der Waals surface area contributed by atoms with E-state index in [0.29, 0.717) is 0 Å². The first-order valence-electron chi connectivity index (χ1n) is 8.75. The largest absolute Gasteiger partial charge is 0.356 e. The number of aromatic nitrogens is 4. The number of hydrogen-bond donors (Lipinski definition) is 0. The van der Waals surface area contributed by atoms with Crippen LogP contribution in [-0.4, -0.2) is 32.8 Å². The minimum absolute atomic E-state index is 0.887. The lowest BCUT2D eigenvalue weighted by atomic mass is 10.1. The maximum absolute atomic E-state index is 4.63. The molecule has 2 aromatic heterocycles. The summed E-state index contributed by atoms with van der Waals surface area (Å²) >= 11 is 0. The molecule has 0 radical (unpaired) electrons. The molecule has 24 heavy (non-hydrogen) atoms. The molecular weight excluding hydrogens is 298 g/mol. The van der Waals surface area contributed by atoms with Crippen LogP contribution >= 0.6 is 0 Å². The van der Waals surface area contributed by atoms with Crippen molar-refractivity contribution in [1.82, 2.24) is 19.7 Å². The van der Waals surface area contributed by atoms with Gasteiger partial charge in [-0.05, 0) is 43.9 Å². The summed E-state index contributed by atoms with van der Waals surface area (Å²) in [7, 11) is 0. The maximum Gasteiger partial charge on any atom is 0.168 e. The Bertz CT molecular complexity index is 859. The first kappa shape index (κ1) is 15.1. The van der Waals surface area contributed by atoms with E-state index in [-0.39, 0.29) is 0 Å². The van der Waals surface area contributed by atoms with Gasteiger partial charge in [-0.1, -0.05) is 25.0 Å². The second-order valence-electron chi connectivity index (χ2n) is 6.68. The molecule has 0 atom stereocenters. The third-order valence-electron chi connectivity index (χ3n) is 4.84. The molecule has 5 nitrogen and oxygen atoms in total. The van der Waals surface area contributed by atoms with Crippen molar-refractivity contribution < 1.29 is 0 Å². The summed E-state index contributed by atoms with van der Waals surface area (Å²) in [6, 6.07) is 6.42. The van der Waals surface area contributed by atoms with E-state index in [9.17, 15) is 0 Å². The molecule has 0 N–H and O–H groups in total. The topological polar surface area (TPSA) is 46.8 Å². The summed E-state index contributed by atoms with van der Waals surface area (Å²) in [5.74, 6) is 1.03. The Morgan fingerprint density at radius 1 is 0.958 bits per heavy atom. The third-order valence-corrected chi connectivity index (χ3v) is 4.84. The molecule has 1 fully saturated rings. The minimum atomic E-state index is 0.887. The lowest BCUT2D eigenvalue weighted by Gasteiger charge is -2.21. The maximum atomic E-state index is 4.63. The Morgan fingerprint density at radius 2 is 1.75 bits per heavy atom. The van der Waals surface area contributed by atoms with Gasteiger partial charge in [0.2, 0.25) is 0 Å². The predicted molar refractivity (Wildman–Crippen MR) is 96.8 cm³/mol. The molecule has 1 saturated heterocycles. The monoisotopic (exact) mass is 321 g/mol. The van der Waals surface area contributed by atoms with Gasteiger partial charge in [-0.25, -0.2) is 14.6 Å². The number of hydrogen-bond acceptors (Lipinski definition) is 4. The Balaban J connectivity index is 1.83. The van der Waals surface area contributed by atoms with Gasteiger partial charge in [0, 0.05) is 13.1 Å². The fourth-order valence-electron chi connectivity index (χ4n) is 3.49. The van der Waals surface area contributed by atoms with Crippen LogP contribution in [0.15, 0.2) is 30.7 Å². The van der Waals surface area contributed by atoms with Crippen LogP contribution in [0, 0.1) is 13.8 Å². The standard InChI is InChI=1S/C19H23N5/c1-14-7-8-15(2)17(11-14)24-19-16(12-22-24)18(20-13-21-19)23-9-5-3-4-6-10-23/h7-8,11-13H,3-6,9-10H2,1-2H3. The molecular formula is C19H23N5. The van der Waals surface area contributed by atoms with Crippen molar-refractivity contribution in [2.45, 2.75) is 39.5 Å². The Hall–Kier alpha value is -2.43. The van der Waals surface area contributed by atoms with E-state index >= 15 is 0 Å². The van der Waals surface area contributed by atoms with E-state index in [4.69, 9.17) is 0 Å². The van der Waals surface area contributed by atoms with Gasteiger partial charge in [0.25, 0.3) is 0 Å². The van der Waals surface area contributed by atoms with Gasteiger partial charge >= 0.3 is 0 Å². The van der Waals surface area contributed by atoms with Crippen molar-refractivity contribution in [2.24, 2.45) is 0 Å². The molecule has 124 valence electrons. The third kappa shape index (κ3) is 2.64. The molecule has 3 heterocycles. The van der Waals surface area contributed by atoms with Gasteiger partial charge in [-0.15, -0.1) is 0 Å². The fraction of sp³-hybridized carbons (Fsp3) is 0.421. The second-order valence-corrected chi connectivity index (χ2v) is 6.68. The lowest BCUT2D eigenvalue weighted by Crippen LogP contribution is -2.25. The molecule has 1 aliphatic rings. The van der Waals surface area contributed by atoms with E-state index in [1.54, 1.807) is 6.33 Å². The van der Waals surface area contributed by atoms with Crippen molar-refractivity contribution in [3.8, 4) is 5.69 Å². The average molecular weight is 321 g/mol. The van der Waals surface area contributed by atoms with E-state index in [1.807, 2.05) is 10.9 Å². The zero-order chi connectivity index (χ0) is 16.5. The van der Waals surface area contributed by atoms with Gasteiger partial charge in [-0.2, -0.15) is 5.10 Å². The van der Waals surface area contributed by atoms with Crippen LogP contribution in [-0.2, 0) is 0 Å². The molecule has 0 aliphatic carbocycles. The molecule has 3 aromatic rings. The minimum Gasteiger partial charge on any atom is -0.356 e. The van der Waals surface area contributed by atoms with Crippen molar-refractivity contribution in [3.05, 3.63) is 41.9 Å². The van der Waals surface area contributed by atoms with Gasteiger partial charge < -0.3 is 4.90 Å². The van der Waals surface area contributed by atoms with Crippen LogP contribution in [0.25, 0.3) is 16.7 Å². The predicted octanol–water partition coefficient (Wildman–Crippen LogP) is 3.81. The van der Waals surface area contributed by atoms with Crippen LogP contribution in [0.2, 0.25) is 0 Å². The van der Waals surface area contributed by atoms with E-state index in [2.05, 4.69) is 52.0 Å². The van der Waals surface area contributed by atoms with Crippen molar-refractivity contribution in [1.29, 1.82) is 0 Å².